The van der Waals surface area contributed by atoms with Crippen molar-refractivity contribution < 1.29 is 22.4 Å². The maximum atomic E-state index is 13.2. The number of benzene rings is 1. The van der Waals surface area contributed by atoms with Crippen molar-refractivity contribution in [2.75, 3.05) is 0 Å². The van der Waals surface area contributed by atoms with Gasteiger partial charge in [-0.15, -0.1) is 0 Å². The van der Waals surface area contributed by atoms with Crippen molar-refractivity contribution in [1.82, 2.24) is 15.3 Å². The van der Waals surface area contributed by atoms with E-state index in [4.69, 9.17) is 4.42 Å². The SMILES string of the molecule is Cc1cc(C(=O)N[C@@H]2CCCc3oc(-c4ccnc(C5CC5)c4)nc32)cc(C(F)(F)F)c1. The van der Waals surface area contributed by atoms with Crippen molar-refractivity contribution in [2.24, 2.45) is 0 Å². The number of nitrogens with zero attached hydrogens (tertiary/aromatic N) is 2. The quantitative estimate of drug-likeness (QED) is 0.560. The maximum absolute atomic E-state index is 13.2. The number of carbonyl (C=O) groups excluding carboxylic acids is 1. The molecule has 1 amide bonds. The zero-order valence-corrected chi connectivity index (χ0v) is 17.5. The number of halogens is 3. The summed E-state index contributed by atoms with van der Waals surface area (Å²) in [5.41, 5.74) is 2.05. The molecule has 5 rings (SSSR count). The molecule has 32 heavy (non-hydrogen) atoms. The molecule has 1 aromatic carbocycles. The molecule has 1 fully saturated rings. The molecule has 8 heteroatoms. The number of hydrogen-bond donors (Lipinski definition) is 1. The normalized spacial score (nSPS) is 18.3. The number of oxazole rings is 1. The average molecular weight is 441 g/mol. The van der Waals surface area contributed by atoms with Gasteiger partial charge in [0, 0.05) is 35.4 Å². The first-order valence-electron chi connectivity index (χ1n) is 10.7. The van der Waals surface area contributed by atoms with Crippen molar-refractivity contribution in [1.29, 1.82) is 0 Å². The molecule has 0 aliphatic heterocycles. The lowest BCUT2D eigenvalue weighted by molar-refractivity contribution is -0.137. The van der Waals surface area contributed by atoms with Gasteiger partial charge in [-0.3, -0.25) is 9.78 Å². The number of hydrogen-bond acceptors (Lipinski definition) is 4. The van der Waals surface area contributed by atoms with Gasteiger partial charge in [-0.2, -0.15) is 13.2 Å². The number of fused-ring (bicyclic) bond motifs is 1. The van der Waals surface area contributed by atoms with Crippen LogP contribution in [0.1, 0.15) is 76.3 Å². The van der Waals surface area contributed by atoms with E-state index in [1.165, 1.54) is 6.07 Å². The summed E-state index contributed by atoms with van der Waals surface area (Å²) in [6, 6.07) is 6.80. The van der Waals surface area contributed by atoms with E-state index in [-0.39, 0.29) is 5.56 Å². The zero-order valence-electron chi connectivity index (χ0n) is 17.5. The van der Waals surface area contributed by atoms with Gasteiger partial charge in [0.1, 0.15) is 11.5 Å². The van der Waals surface area contributed by atoms with E-state index in [0.29, 0.717) is 41.7 Å². The molecule has 0 saturated heterocycles. The van der Waals surface area contributed by atoms with Gasteiger partial charge in [0.05, 0.1) is 11.6 Å². The highest BCUT2D eigenvalue weighted by Gasteiger charge is 2.33. The van der Waals surface area contributed by atoms with E-state index in [0.717, 1.165) is 42.7 Å². The van der Waals surface area contributed by atoms with Gasteiger partial charge in [-0.05, 0) is 68.5 Å². The summed E-state index contributed by atoms with van der Waals surface area (Å²) in [6.07, 6.45) is 1.66. The fraction of sp³-hybridized carbons (Fsp3) is 0.375. The number of amides is 1. The van der Waals surface area contributed by atoms with E-state index >= 15 is 0 Å². The summed E-state index contributed by atoms with van der Waals surface area (Å²) in [5.74, 6) is 1.14. The Morgan fingerprint density at radius 2 is 1.97 bits per heavy atom. The van der Waals surface area contributed by atoms with Crippen molar-refractivity contribution in [3.8, 4) is 11.5 Å². The smallest absolute Gasteiger partial charge is 0.416 e. The third-order valence-electron chi connectivity index (χ3n) is 5.95. The molecule has 2 aliphatic carbocycles. The van der Waals surface area contributed by atoms with Crippen LogP contribution in [0.25, 0.3) is 11.5 Å². The number of rotatable bonds is 4. The molecule has 1 N–H and O–H groups in total. The Hall–Kier alpha value is -3.16. The lowest BCUT2D eigenvalue weighted by Crippen LogP contribution is -2.31. The van der Waals surface area contributed by atoms with Crippen molar-refractivity contribution in [3.63, 3.8) is 0 Å². The summed E-state index contributed by atoms with van der Waals surface area (Å²) < 4.78 is 45.5. The van der Waals surface area contributed by atoms with Crippen molar-refractivity contribution in [3.05, 3.63) is 70.4 Å². The van der Waals surface area contributed by atoms with Gasteiger partial charge in [0.25, 0.3) is 5.91 Å². The molecule has 1 saturated carbocycles. The number of nitrogens with one attached hydrogen (secondary N) is 1. The third kappa shape index (κ3) is 4.13. The Balaban J connectivity index is 1.40. The summed E-state index contributed by atoms with van der Waals surface area (Å²) in [7, 11) is 0. The lowest BCUT2D eigenvalue weighted by atomic mass is 9.96. The first-order chi connectivity index (χ1) is 15.3. The Labute approximate surface area is 183 Å². The van der Waals surface area contributed by atoms with Gasteiger partial charge in [-0.1, -0.05) is 0 Å². The van der Waals surface area contributed by atoms with Crippen LogP contribution in [0.15, 0.2) is 40.9 Å². The molecule has 0 bridgehead atoms. The van der Waals surface area contributed by atoms with Crippen LogP contribution in [0.4, 0.5) is 13.2 Å². The summed E-state index contributed by atoms with van der Waals surface area (Å²) in [6.45, 7) is 1.54. The zero-order chi connectivity index (χ0) is 22.5. The second-order valence-corrected chi connectivity index (χ2v) is 8.57. The van der Waals surface area contributed by atoms with Crippen LogP contribution in [0.5, 0.6) is 0 Å². The van der Waals surface area contributed by atoms with Crippen LogP contribution in [0.3, 0.4) is 0 Å². The first-order valence-corrected chi connectivity index (χ1v) is 10.7. The van der Waals surface area contributed by atoms with E-state index < -0.39 is 23.7 Å². The molecule has 0 unspecified atom stereocenters. The molecule has 5 nitrogen and oxygen atoms in total. The predicted octanol–water partition coefficient (Wildman–Crippen LogP) is 5.75. The van der Waals surface area contributed by atoms with Crippen molar-refractivity contribution in [2.45, 2.75) is 57.2 Å². The molecule has 1 atom stereocenters. The molecule has 166 valence electrons. The highest BCUT2D eigenvalue weighted by Crippen LogP contribution is 2.40. The highest BCUT2D eigenvalue weighted by molar-refractivity contribution is 5.95. The molecule has 2 aromatic heterocycles. The lowest BCUT2D eigenvalue weighted by Gasteiger charge is -2.21. The standard InChI is InChI=1S/C24H22F3N3O2/c1-13-9-16(11-17(10-13)24(25,26)27)22(31)29-18-3-2-4-20-21(18)30-23(32-20)15-7-8-28-19(12-15)14-5-6-14/h7-12,14,18H,2-6H2,1H3,(H,29,31)/t18-/m1/s1. The second kappa shape index (κ2) is 7.76. The number of aromatic nitrogens is 2. The summed E-state index contributed by atoms with van der Waals surface area (Å²) >= 11 is 0. The summed E-state index contributed by atoms with van der Waals surface area (Å²) in [5, 5.41) is 2.86. The summed E-state index contributed by atoms with van der Waals surface area (Å²) in [4.78, 5) is 21.9. The number of pyridine rings is 1. The van der Waals surface area contributed by atoms with Crippen LogP contribution < -0.4 is 5.32 Å². The Morgan fingerprint density at radius 3 is 2.72 bits per heavy atom. The molecule has 0 spiro atoms. The van der Waals surface area contributed by atoms with Gasteiger partial charge < -0.3 is 9.73 Å². The van der Waals surface area contributed by atoms with Crippen LogP contribution >= 0.6 is 0 Å². The minimum atomic E-state index is -4.51. The minimum absolute atomic E-state index is 0.0172. The Morgan fingerprint density at radius 1 is 1.16 bits per heavy atom. The van der Waals surface area contributed by atoms with Crippen molar-refractivity contribution >= 4 is 5.91 Å². The number of aryl methyl sites for hydroxylation is 2. The third-order valence-corrected chi connectivity index (χ3v) is 5.95. The fourth-order valence-electron chi connectivity index (χ4n) is 4.19. The Kier molecular flexibility index (Phi) is 5.03. The highest BCUT2D eigenvalue weighted by atomic mass is 19.4. The van der Waals surface area contributed by atoms with Crippen LogP contribution in [-0.2, 0) is 12.6 Å². The van der Waals surface area contributed by atoms with E-state index in [1.54, 1.807) is 13.1 Å². The van der Waals surface area contributed by atoms with Gasteiger partial charge >= 0.3 is 6.18 Å². The predicted molar refractivity (Wildman–Crippen MR) is 111 cm³/mol. The van der Waals surface area contributed by atoms with Crippen LogP contribution in [0, 0.1) is 6.92 Å². The monoisotopic (exact) mass is 441 g/mol. The largest absolute Gasteiger partial charge is 0.441 e. The van der Waals surface area contributed by atoms with E-state index in [9.17, 15) is 18.0 Å². The first kappa shape index (κ1) is 20.7. The molecule has 2 aliphatic rings. The fourth-order valence-corrected chi connectivity index (χ4v) is 4.19. The average Bonchev–Trinajstić information content (AvgIpc) is 3.51. The molecule has 2 heterocycles. The van der Waals surface area contributed by atoms with Crippen LogP contribution in [0.2, 0.25) is 0 Å². The molecular formula is C24H22F3N3O2. The van der Waals surface area contributed by atoms with Gasteiger partial charge in [-0.25, -0.2) is 4.98 Å². The Bertz CT molecular complexity index is 1180. The maximum Gasteiger partial charge on any atom is 0.416 e. The molecule has 0 radical (unpaired) electrons. The number of carbonyl (C=O) groups is 1. The minimum Gasteiger partial charge on any atom is -0.441 e. The van der Waals surface area contributed by atoms with Crippen LogP contribution in [-0.4, -0.2) is 15.9 Å². The van der Waals surface area contributed by atoms with E-state index in [2.05, 4.69) is 15.3 Å². The van der Waals surface area contributed by atoms with Gasteiger partial charge in [0.2, 0.25) is 5.89 Å². The molecular weight excluding hydrogens is 419 g/mol. The topological polar surface area (TPSA) is 68.0 Å². The van der Waals surface area contributed by atoms with Gasteiger partial charge in [0.15, 0.2) is 0 Å². The van der Waals surface area contributed by atoms with E-state index in [1.807, 2.05) is 12.1 Å². The number of alkyl halides is 3. The molecule has 3 aromatic rings. The second-order valence-electron chi connectivity index (χ2n) is 8.57.